The Morgan fingerprint density at radius 3 is 2.89 bits per heavy atom. The van der Waals surface area contributed by atoms with Crippen molar-refractivity contribution >= 4 is 33.2 Å². The van der Waals surface area contributed by atoms with Gasteiger partial charge in [0.15, 0.2) is 5.76 Å². The summed E-state index contributed by atoms with van der Waals surface area (Å²) in [6.07, 6.45) is 5.31. The molecule has 0 bridgehead atoms. The first-order valence-corrected chi connectivity index (χ1v) is 9.87. The summed E-state index contributed by atoms with van der Waals surface area (Å²) in [5.41, 5.74) is 3.13. The molecule has 138 valence electrons. The van der Waals surface area contributed by atoms with E-state index in [1.54, 1.807) is 19.2 Å². The highest BCUT2D eigenvalue weighted by Gasteiger charge is 2.24. The minimum Gasteiger partial charge on any atom is -0.497 e. The van der Waals surface area contributed by atoms with Gasteiger partial charge in [-0.3, -0.25) is 4.79 Å². The van der Waals surface area contributed by atoms with Crippen LogP contribution in [0.1, 0.15) is 51.4 Å². The molecule has 1 N–H and O–H groups in total. The van der Waals surface area contributed by atoms with E-state index in [-0.39, 0.29) is 11.7 Å². The predicted octanol–water partition coefficient (Wildman–Crippen LogP) is 5.20. The topological polar surface area (TPSA) is 75.3 Å². The lowest BCUT2D eigenvalue weighted by molar-refractivity contribution is 0.0998. The molecule has 0 spiro atoms. The van der Waals surface area contributed by atoms with Gasteiger partial charge in [-0.05, 0) is 56.4 Å². The van der Waals surface area contributed by atoms with Gasteiger partial charge in [-0.1, -0.05) is 6.42 Å². The number of fused-ring (bicyclic) bond motifs is 2. The van der Waals surface area contributed by atoms with Crippen molar-refractivity contribution in [3.05, 3.63) is 45.5 Å². The second-order valence-corrected chi connectivity index (χ2v) is 7.86. The van der Waals surface area contributed by atoms with Crippen LogP contribution < -0.4 is 10.1 Å². The Kier molecular flexibility index (Phi) is 4.63. The summed E-state index contributed by atoms with van der Waals surface area (Å²) in [6, 6.07) is 7.75. The third kappa shape index (κ3) is 3.08. The zero-order valence-electron chi connectivity index (χ0n) is 15.3. The molecule has 0 atom stereocenters. The summed E-state index contributed by atoms with van der Waals surface area (Å²) in [5, 5.41) is 14.0. The van der Waals surface area contributed by atoms with Crippen LogP contribution in [0.25, 0.3) is 11.0 Å². The first kappa shape index (κ1) is 17.6. The molecule has 1 aliphatic carbocycles. The number of amides is 1. The van der Waals surface area contributed by atoms with Gasteiger partial charge in [0.2, 0.25) is 0 Å². The van der Waals surface area contributed by atoms with Crippen molar-refractivity contribution in [3.63, 3.8) is 0 Å². The molecule has 1 aromatic carbocycles. The van der Waals surface area contributed by atoms with Gasteiger partial charge in [-0.25, -0.2) is 0 Å². The monoisotopic (exact) mass is 380 g/mol. The predicted molar refractivity (Wildman–Crippen MR) is 106 cm³/mol. The third-order valence-electron chi connectivity index (χ3n) is 5.11. The zero-order chi connectivity index (χ0) is 19.0. The van der Waals surface area contributed by atoms with E-state index in [2.05, 4.69) is 11.4 Å². The van der Waals surface area contributed by atoms with E-state index in [9.17, 15) is 10.1 Å². The fraction of sp³-hybridized carbons (Fsp3) is 0.333. The molecule has 4 rings (SSSR count). The molecule has 0 unspecified atom stereocenters. The van der Waals surface area contributed by atoms with Crippen LogP contribution in [0.2, 0.25) is 0 Å². The van der Waals surface area contributed by atoms with Crippen LogP contribution in [0.15, 0.2) is 22.6 Å². The van der Waals surface area contributed by atoms with E-state index in [0.717, 1.165) is 42.2 Å². The second kappa shape index (κ2) is 7.09. The number of nitrogens with zero attached hydrogens (tertiary/aromatic N) is 1. The van der Waals surface area contributed by atoms with Gasteiger partial charge in [0, 0.05) is 15.8 Å². The fourth-order valence-corrected chi connectivity index (χ4v) is 4.89. The molecule has 27 heavy (non-hydrogen) atoms. The maximum atomic E-state index is 12.9. The molecule has 2 heterocycles. The molecule has 0 saturated carbocycles. The molecule has 0 radical (unpaired) electrons. The summed E-state index contributed by atoms with van der Waals surface area (Å²) in [4.78, 5) is 14.1. The number of carbonyl (C=O) groups is 1. The molecule has 0 saturated heterocycles. The van der Waals surface area contributed by atoms with E-state index >= 15 is 0 Å². The van der Waals surface area contributed by atoms with Gasteiger partial charge in [-0.2, -0.15) is 5.26 Å². The maximum absolute atomic E-state index is 12.9. The molecule has 1 amide bonds. The molecule has 0 aliphatic heterocycles. The van der Waals surface area contributed by atoms with E-state index in [4.69, 9.17) is 9.15 Å². The van der Waals surface area contributed by atoms with E-state index < -0.39 is 0 Å². The standard InChI is InChI=1S/C21H20N2O3S/c1-12-15-10-13(25-2)8-9-17(15)26-19(12)20(24)23-21-16(11-22)14-6-4-3-5-7-18(14)27-21/h8-10H,3-7H2,1-2H3,(H,23,24). The van der Waals surface area contributed by atoms with Crippen LogP contribution in [0.3, 0.4) is 0 Å². The highest BCUT2D eigenvalue weighted by Crippen LogP contribution is 2.37. The lowest BCUT2D eigenvalue weighted by Crippen LogP contribution is -2.12. The average Bonchev–Trinajstić information content (AvgIpc) is 3.08. The van der Waals surface area contributed by atoms with Gasteiger partial charge in [0.1, 0.15) is 22.4 Å². The number of furan rings is 1. The number of thiophene rings is 1. The number of methoxy groups -OCH3 is 1. The number of hydrogen-bond acceptors (Lipinski definition) is 5. The molecule has 0 fully saturated rings. The van der Waals surface area contributed by atoms with Crippen LogP contribution in [0, 0.1) is 18.3 Å². The van der Waals surface area contributed by atoms with Gasteiger partial charge in [0.05, 0.1) is 12.7 Å². The summed E-state index contributed by atoms with van der Waals surface area (Å²) in [7, 11) is 1.61. The Morgan fingerprint density at radius 2 is 2.11 bits per heavy atom. The summed E-state index contributed by atoms with van der Waals surface area (Å²) < 4.78 is 11.0. The number of nitriles is 1. The Hall–Kier alpha value is -2.78. The largest absolute Gasteiger partial charge is 0.497 e. The number of anilines is 1. The molecule has 5 nitrogen and oxygen atoms in total. The minimum absolute atomic E-state index is 0.269. The van der Waals surface area contributed by atoms with Crippen molar-refractivity contribution in [1.29, 1.82) is 5.26 Å². The summed E-state index contributed by atoms with van der Waals surface area (Å²) >= 11 is 1.53. The van der Waals surface area contributed by atoms with E-state index in [1.807, 2.05) is 13.0 Å². The number of nitrogens with one attached hydrogen (secondary N) is 1. The highest BCUT2D eigenvalue weighted by atomic mass is 32.1. The van der Waals surface area contributed by atoms with Crippen LogP contribution in [-0.4, -0.2) is 13.0 Å². The number of aryl methyl sites for hydroxylation is 2. The average molecular weight is 380 g/mol. The van der Waals surface area contributed by atoms with Crippen LogP contribution in [-0.2, 0) is 12.8 Å². The molecule has 6 heteroatoms. The number of hydrogen-bond donors (Lipinski definition) is 1. The maximum Gasteiger partial charge on any atom is 0.292 e. The number of benzene rings is 1. The van der Waals surface area contributed by atoms with Crippen molar-refractivity contribution in [2.75, 3.05) is 12.4 Å². The first-order valence-electron chi connectivity index (χ1n) is 9.05. The lowest BCUT2D eigenvalue weighted by atomic mass is 10.1. The van der Waals surface area contributed by atoms with Crippen LogP contribution >= 0.6 is 11.3 Å². The van der Waals surface area contributed by atoms with Gasteiger partial charge < -0.3 is 14.5 Å². The molecule has 2 aromatic heterocycles. The van der Waals surface area contributed by atoms with E-state index in [1.165, 1.54) is 22.6 Å². The van der Waals surface area contributed by atoms with Gasteiger partial charge in [0.25, 0.3) is 5.91 Å². The number of ether oxygens (including phenoxy) is 1. The van der Waals surface area contributed by atoms with Gasteiger partial charge in [-0.15, -0.1) is 11.3 Å². The normalized spacial score (nSPS) is 13.7. The van der Waals surface area contributed by atoms with Gasteiger partial charge >= 0.3 is 0 Å². The third-order valence-corrected chi connectivity index (χ3v) is 6.32. The molecular weight excluding hydrogens is 360 g/mol. The molecule has 1 aliphatic rings. The van der Waals surface area contributed by atoms with Crippen molar-refractivity contribution in [3.8, 4) is 11.8 Å². The Morgan fingerprint density at radius 1 is 1.30 bits per heavy atom. The fourth-order valence-electron chi connectivity index (χ4n) is 3.65. The van der Waals surface area contributed by atoms with Crippen molar-refractivity contribution in [1.82, 2.24) is 0 Å². The molecule has 3 aromatic rings. The van der Waals surface area contributed by atoms with Crippen molar-refractivity contribution in [2.45, 2.75) is 39.0 Å². The minimum atomic E-state index is -0.324. The quantitative estimate of drug-likeness (QED) is 0.633. The first-order chi connectivity index (χ1) is 13.1. The van der Waals surface area contributed by atoms with E-state index in [0.29, 0.717) is 21.9 Å². The number of carbonyl (C=O) groups excluding carboxylic acids is 1. The summed E-state index contributed by atoms with van der Waals surface area (Å²) in [6.45, 7) is 1.86. The SMILES string of the molecule is COc1ccc2oc(C(=O)Nc3sc4c(c3C#N)CCCCC4)c(C)c2c1. The Balaban J connectivity index is 1.68. The smallest absolute Gasteiger partial charge is 0.292 e. The highest BCUT2D eigenvalue weighted by molar-refractivity contribution is 7.16. The Bertz CT molecular complexity index is 1070. The van der Waals surface area contributed by atoms with Crippen LogP contribution in [0.5, 0.6) is 5.75 Å². The zero-order valence-corrected chi connectivity index (χ0v) is 16.2. The Labute approximate surface area is 161 Å². The van der Waals surface area contributed by atoms with Crippen molar-refractivity contribution in [2.24, 2.45) is 0 Å². The molecular formula is C21H20N2O3S. The second-order valence-electron chi connectivity index (χ2n) is 6.75. The lowest BCUT2D eigenvalue weighted by Gasteiger charge is -2.03. The van der Waals surface area contributed by atoms with Crippen LogP contribution in [0.4, 0.5) is 5.00 Å². The van der Waals surface area contributed by atoms with Crippen molar-refractivity contribution < 1.29 is 13.9 Å². The number of rotatable bonds is 3. The summed E-state index contributed by atoms with van der Waals surface area (Å²) in [5.74, 6) is 0.661.